The Morgan fingerprint density at radius 1 is 0.271 bits per heavy atom. The Hall–Kier alpha value is -7.90. The van der Waals surface area contributed by atoms with Gasteiger partial charge >= 0.3 is 0 Å². The second kappa shape index (κ2) is 21.2. The molecule has 10 bridgehead atoms. The standard InChI is InChI=1S/C50H60N10O10/c1-26(2)11-56-16-31-41(61)36(21-56)51-47(67)32-17-57(12-27(3)4)23-38(42(32)62)53-49(69)34-19-59(14-29(7)8)25-40(44(34)64)55-50(70)35-20-60(15-30(9)10)24-39(45(35)65)54-48(68)33-18-58(13-28(5)6)22-37(43(33)63)52-46(31)66/h16-30H,11-15H2,1-10H3,(H,51,67)(H,52,66)(H,53,69)(H,54,68)(H,55,70). The third-order valence-corrected chi connectivity index (χ3v) is 10.7. The first kappa shape index (κ1) is 51.5. The molecular weight excluding hydrogens is 901 g/mol. The first-order valence-electron chi connectivity index (χ1n) is 23.2. The SMILES string of the molecule is CC(C)Cn1cc2c(=O)c(c1)C(=O)Nc1cn(CC(C)C)cc(c1=O)C(=O)Nc1cn(CC(C)C)cc(c1=O)C(=O)Nc1cn(CC(C)C)cc(c1=O)C(=O)Nc1cn(CC(C)C)cc(c1=O)C(=O)N2. The summed E-state index contributed by atoms with van der Waals surface area (Å²) in [4.78, 5) is 142. The van der Waals surface area contributed by atoms with Gasteiger partial charge in [-0.2, -0.15) is 0 Å². The third-order valence-electron chi connectivity index (χ3n) is 10.7. The van der Waals surface area contributed by atoms with E-state index in [1.165, 1.54) is 84.8 Å². The van der Waals surface area contributed by atoms with E-state index in [4.69, 9.17) is 0 Å². The Morgan fingerprint density at radius 2 is 0.414 bits per heavy atom. The molecular formula is C50H60N10O10. The van der Waals surface area contributed by atoms with Crippen LogP contribution >= 0.6 is 0 Å². The van der Waals surface area contributed by atoms with Gasteiger partial charge < -0.3 is 49.4 Å². The second-order valence-corrected chi connectivity index (χ2v) is 19.8. The van der Waals surface area contributed by atoms with Crippen LogP contribution in [0.5, 0.6) is 0 Å². The summed E-state index contributed by atoms with van der Waals surface area (Å²) in [6.45, 7) is 20.1. The molecule has 6 rings (SSSR count). The maximum absolute atomic E-state index is 14.2. The molecule has 70 heavy (non-hydrogen) atoms. The Labute approximate surface area is 402 Å². The number of carbonyl (C=O) groups excluding carboxylic acids is 5. The number of anilines is 5. The largest absolute Gasteiger partial charge is 0.351 e. The van der Waals surface area contributed by atoms with Crippen LogP contribution in [-0.2, 0) is 32.7 Å². The van der Waals surface area contributed by atoms with Crippen molar-refractivity contribution in [2.45, 2.75) is 102 Å². The molecule has 6 heterocycles. The Morgan fingerprint density at radius 3 is 0.543 bits per heavy atom. The summed E-state index contributed by atoms with van der Waals surface area (Å²) in [5.74, 6) is -5.49. The first-order valence-corrected chi connectivity index (χ1v) is 23.2. The van der Waals surface area contributed by atoms with E-state index >= 15 is 0 Å². The number of rotatable bonds is 10. The number of nitrogens with one attached hydrogen (secondary N) is 5. The van der Waals surface area contributed by atoms with E-state index in [0.717, 1.165) is 0 Å². The highest BCUT2D eigenvalue weighted by Gasteiger charge is 2.27. The number of amides is 5. The van der Waals surface area contributed by atoms with E-state index in [-0.39, 0.29) is 62.3 Å². The molecule has 20 heteroatoms. The average Bonchev–Trinajstić information content (AvgIpc) is 3.24. The van der Waals surface area contributed by atoms with Crippen molar-refractivity contribution in [3.63, 3.8) is 0 Å². The van der Waals surface area contributed by atoms with E-state index in [2.05, 4.69) is 26.6 Å². The number of aromatic nitrogens is 5. The van der Waals surface area contributed by atoms with Crippen molar-refractivity contribution in [2.75, 3.05) is 26.6 Å². The average molecular weight is 961 g/mol. The minimum absolute atomic E-state index is 0.0344. The van der Waals surface area contributed by atoms with Gasteiger partial charge in [-0.25, -0.2) is 0 Å². The molecule has 0 aromatic carbocycles. The maximum atomic E-state index is 14.2. The van der Waals surface area contributed by atoms with Gasteiger partial charge in [-0.15, -0.1) is 0 Å². The normalized spacial score (nSPS) is 13.5. The van der Waals surface area contributed by atoms with Crippen molar-refractivity contribution in [2.24, 2.45) is 29.6 Å². The van der Waals surface area contributed by atoms with Crippen LogP contribution < -0.4 is 53.7 Å². The summed E-state index contributed by atoms with van der Waals surface area (Å²) >= 11 is 0. The van der Waals surface area contributed by atoms with E-state index < -0.39 is 113 Å². The fourth-order valence-corrected chi connectivity index (χ4v) is 7.99. The van der Waals surface area contributed by atoms with E-state index in [0.29, 0.717) is 0 Å². The summed E-state index contributed by atoms with van der Waals surface area (Å²) in [7, 11) is 0. The summed E-state index contributed by atoms with van der Waals surface area (Å²) in [5, 5.41) is 12.4. The van der Waals surface area contributed by atoms with Crippen molar-refractivity contribution in [1.82, 2.24) is 22.8 Å². The molecule has 0 unspecified atom stereocenters. The molecule has 0 saturated carbocycles. The van der Waals surface area contributed by atoms with E-state index in [1.54, 1.807) is 0 Å². The molecule has 0 atom stereocenters. The zero-order chi connectivity index (χ0) is 51.5. The number of fused-ring (bicyclic) bond motifs is 10. The lowest BCUT2D eigenvalue weighted by atomic mass is 10.1. The second-order valence-electron chi connectivity index (χ2n) is 19.8. The fourth-order valence-electron chi connectivity index (χ4n) is 7.99. The van der Waals surface area contributed by atoms with Crippen LogP contribution in [0.2, 0.25) is 0 Å². The lowest BCUT2D eigenvalue weighted by Crippen LogP contribution is -2.33. The van der Waals surface area contributed by atoms with Gasteiger partial charge in [-0.1, -0.05) is 69.2 Å². The van der Waals surface area contributed by atoms with Gasteiger partial charge in [0, 0.05) is 94.7 Å². The van der Waals surface area contributed by atoms with Crippen LogP contribution in [0.3, 0.4) is 0 Å². The van der Waals surface area contributed by atoms with Gasteiger partial charge in [-0.05, 0) is 29.6 Å². The van der Waals surface area contributed by atoms with Crippen molar-refractivity contribution in [1.29, 1.82) is 0 Å². The molecule has 5 amide bonds. The topological polar surface area (TPSA) is 255 Å². The molecule has 370 valence electrons. The van der Waals surface area contributed by atoms with Crippen molar-refractivity contribution >= 4 is 58.0 Å². The highest BCUT2D eigenvalue weighted by molar-refractivity contribution is 6.11. The molecule has 5 aromatic rings. The molecule has 1 aliphatic rings. The molecule has 0 saturated heterocycles. The number of carbonyl (C=O) groups is 5. The van der Waals surface area contributed by atoms with Gasteiger partial charge in [0.1, 0.15) is 56.3 Å². The minimum atomic E-state index is -1.06. The monoisotopic (exact) mass is 960 g/mol. The maximum Gasteiger partial charge on any atom is 0.261 e. The van der Waals surface area contributed by atoms with Gasteiger partial charge in [0.15, 0.2) is 0 Å². The molecule has 5 N–H and O–H groups in total. The Kier molecular flexibility index (Phi) is 15.6. The lowest BCUT2D eigenvalue weighted by Gasteiger charge is -2.17. The van der Waals surface area contributed by atoms with Crippen LogP contribution in [-0.4, -0.2) is 52.4 Å². The van der Waals surface area contributed by atoms with Crippen LogP contribution in [0, 0.1) is 29.6 Å². The minimum Gasteiger partial charge on any atom is -0.351 e. The van der Waals surface area contributed by atoms with Crippen LogP contribution in [0.25, 0.3) is 0 Å². The highest BCUT2D eigenvalue weighted by atomic mass is 16.2. The Balaban J connectivity index is 1.63. The highest BCUT2D eigenvalue weighted by Crippen LogP contribution is 2.17. The van der Waals surface area contributed by atoms with E-state index in [1.807, 2.05) is 69.2 Å². The summed E-state index contributed by atoms with van der Waals surface area (Å²) in [5.41, 5.74) is -9.35. The van der Waals surface area contributed by atoms with Gasteiger partial charge in [0.2, 0.25) is 27.1 Å². The molecule has 5 aromatic heterocycles. The third kappa shape index (κ3) is 12.0. The quantitative estimate of drug-likeness (QED) is 0.120. The van der Waals surface area contributed by atoms with Gasteiger partial charge in [0.25, 0.3) is 29.5 Å². The van der Waals surface area contributed by atoms with Gasteiger partial charge in [0.05, 0.1) is 0 Å². The molecule has 1 aliphatic heterocycles. The number of hydrogen-bond acceptors (Lipinski definition) is 10. The summed E-state index contributed by atoms with van der Waals surface area (Å²) < 4.78 is 7.49. The molecule has 0 aliphatic carbocycles. The van der Waals surface area contributed by atoms with Crippen molar-refractivity contribution in [3.05, 3.63) is 141 Å². The molecule has 20 nitrogen and oxygen atoms in total. The zero-order valence-electron chi connectivity index (χ0n) is 41.0. The van der Waals surface area contributed by atoms with E-state index in [9.17, 15) is 47.9 Å². The predicted molar refractivity (Wildman–Crippen MR) is 267 cm³/mol. The van der Waals surface area contributed by atoms with Crippen molar-refractivity contribution in [3.8, 4) is 0 Å². The smallest absolute Gasteiger partial charge is 0.261 e. The molecule has 0 spiro atoms. The zero-order valence-corrected chi connectivity index (χ0v) is 41.0. The predicted octanol–water partition coefficient (Wildman–Crippen LogP) is 5.35. The first-order chi connectivity index (χ1) is 32.9. The summed E-state index contributed by atoms with van der Waals surface area (Å²) in [6, 6.07) is 0. The van der Waals surface area contributed by atoms with Gasteiger partial charge in [-0.3, -0.25) is 47.9 Å². The Bertz CT molecular complexity index is 2730. The van der Waals surface area contributed by atoms with Crippen LogP contribution in [0.1, 0.15) is 121 Å². The molecule has 0 fully saturated rings. The number of nitrogens with zero attached hydrogens (tertiary/aromatic N) is 5. The molecule has 0 radical (unpaired) electrons. The lowest BCUT2D eigenvalue weighted by molar-refractivity contribution is 0.101. The number of pyridine rings is 5. The van der Waals surface area contributed by atoms with Crippen LogP contribution in [0.4, 0.5) is 28.4 Å². The number of hydrogen-bond donors (Lipinski definition) is 5. The van der Waals surface area contributed by atoms with Crippen LogP contribution in [0.15, 0.2) is 85.9 Å². The fraction of sp³-hybridized carbons (Fsp3) is 0.400. The van der Waals surface area contributed by atoms with Crippen molar-refractivity contribution < 1.29 is 24.0 Å². The summed E-state index contributed by atoms with van der Waals surface area (Å²) in [6.07, 6.45) is 12.8.